The molecule has 0 amide bonds. The SMILES string of the molecule is O=C(O)c1[nH]cc(-c2c[nH]c3c2=CC(Cl)C(Cl)C=3)c1-c1c[nH]c2ccc(Cl)cc12. The number of H-pyrrole nitrogens is 3. The third-order valence-electron chi connectivity index (χ3n) is 5.21. The lowest BCUT2D eigenvalue weighted by molar-refractivity contribution is 0.0692. The van der Waals surface area contributed by atoms with Gasteiger partial charge in [-0.1, -0.05) is 17.7 Å². The Kier molecular flexibility index (Phi) is 4.28. The minimum atomic E-state index is -1.04. The first-order valence-electron chi connectivity index (χ1n) is 8.85. The number of carboxylic acids is 1. The molecule has 3 aromatic heterocycles. The molecule has 1 aliphatic carbocycles. The molecule has 3 heterocycles. The molecule has 0 spiro atoms. The van der Waals surface area contributed by atoms with Crippen LogP contribution in [0.25, 0.3) is 45.3 Å². The van der Waals surface area contributed by atoms with Gasteiger partial charge in [0.2, 0.25) is 0 Å². The molecule has 1 aromatic carbocycles. The van der Waals surface area contributed by atoms with Gasteiger partial charge in [-0.3, -0.25) is 0 Å². The number of alkyl halides is 2. The second-order valence-corrected chi connectivity index (χ2v) is 8.35. The minimum absolute atomic E-state index is 0.105. The molecule has 2 atom stereocenters. The first kappa shape index (κ1) is 18.4. The smallest absolute Gasteiger partial charge is 0.352 e. The van der Waals surface area contributed by atoms with Gasteiger partial charge in [-0.2, -0.15) is 0 Å². The fraction of sp³-hybridized carbons (Fsp3) is 0.0952. The number of benzene rings is 1. The number of fused-ring (bicyclic) bond motifs is 2. The molecule has 0 saturated heterocycles. The summed E-state index contributed by atoms with van der Waals surface area (Å²) in [6, 6.07) is 5.48. The van der Waals surface area contributed by atoms with E-state index in [2.05, 4.69) is 15.0 Å². The van der Waals surface area contributed by atoms with Crippen molar-refractivity contribution in [1.29, 1.82) is 0 Å². The van der Waals surface area contributed by atoms with Crippen molar-refractivity contribution in [3.63, 3.8) is 0 Å². The lowest BCUT2D eigenvalue weighted by Crippen LogP contribution is -2.33. The van der Waals surface area contributed by atoms with Gasteiger partial charge in [0.15, 0.2) is 0 Å². The largest absolute Gasteiger partial charge is 0.477 e. The Hall–Kier alpha value is -2.60. The number of rotatable bonds is 3. The maximum atomic E-state index is 12.0. The monoisotopic (exact) mass is 445 g/mol. The maximum Gasteiger partial charge on any atom is 0.352 e. The predicted molar refractivity (Wildman–Crippen MR) is 117 cm³/mol. The summed E-state index contributed by atoms with van der Waals surface area (Å²) in [4.78, 5) is 21.3. The fourth-order valence-corrected chi connectivity index (χ4v) is 4.45. The van der Waals surface area contributed by atoms with Crippen LogP contribution in [0.2, 0.25) is 5.02 Å². The van der Waals surface area contributed by atoms with Gasteiger partial charge in [0.1, 0.15) is 5.69 Å². The zero-order chi connectivity index (χ0) is 20.3. The van der Waals surface area contributed by atoms with E-state index in [1.54, 1.807) is 18.5 Å². The fourth-order valence-electron chi connectivity index (χ4n) is 3.88. The topological polar surface area (TPSA) is 84.7 Å². The zero-order valence-electron chi connectivity index (χ0n) is 14.8. The first-order chi connectivity index (χ1) is 13.9. The van der Waals surface area contributed by atoms with E-state index in [1.165, 1.54) is 0 Å². The molecule has 1 aliphatic rings. The van der Waals surface area contributed by atoms with Gasteiger partial charge in [-0.15, -0.1) is 23.2 Å². The molecule has 4 aromatic rings. The number of aromatic amines is 3. The van der Waals surface area contributed by atoms with E-state index < -0.39 is 5.97 Å². The van der Waals surface area contributed by atoms with Crippen LogP contribution >= 0.6 is 34.8 Å². The van der Waals surface area contributed by atoms with Gasteiger partial charge in [-0.05, 0) is 24.3 Å². The Balaban J connectivity index is 1.82. The van der Waals surface area contributed by atoms with Crippen LogP contribution in [0.3, 0.4) is 0 Å². The van der Waals surface area contributed by atoms with Crippen LogP contribution in [0.4, 0.5) is 0 Å². The number of hydrogen-bond acceptors (Lipinski definition) is 1. The minimum Gasteiger partial charge on any atom is -0.477 e. The summed E-state index contributed by atoms with van der Waals surface area (Å²) < 4.78 is 0. The maximum absolute atomic E-state index is 12.0. The summed E-state index contributed by atoms with van der Waals surface area (Å²) in [5.41, 5.74) is 3.91. The van der Waals surface area contributed by atoms with E-state index in [-0.39, 0.29) is 16.4 Å². The molecule has 4 N–H and O–H groups in total. The third-order valence-corrected chi connectivity index (χ3v) is 6.36. The summed E-state index contributed by atoms with van der Waals surface area (Å²) >= 11 is 18.8. The summed E-state index contributed by atoms with van der Waals surface area (Å²) in [5.74, 6) is -1.04. The standard InChI is InChI=1S/C21H14Cl3N3O2/c22-9-1-2-17-10(3-9)13(7-25-17)19-14(8-27-20(19)21(28)29)12-6-26-18-5-16(24)15(23)4-11(12)18/h1-8,15-16,25-27H,(H,28,29). The lowest BCUT2D eigenvalue weighted by Gasteiger charge is -2.11. The van der Waals surface area contributed by atoms with E-state index in [1.807, 2.05) is 30.5 Å². The Labute approximate surface area is 179 Å². The number of carbonyl (C=O) groups is 1. The quantitative estimate of drug-likeness (QED) is 0.354. The van der Waals surface area contributed by atoms with Crippen LogP contribution in [0.1, 0.15) is 10.5 Å². The van der Waals surface area contributed by atoms with Crippen LogP contribution < -0.4 is 10.6 Å². The zero-order valence-corrected chi connectivity index (χ0v) is 17.0. The van der Waals surface area contributed by atoms with Gasteiger partial charge < -0.3 is 20.1 Å². The van der Waals surface area contributed by atoms with Crippen LogP contribution in [0, 0.1) is 0 Å². The Morgan fingerprint density at radius 2 is 1.66 bits per heavy atom. The number of halogens is 3. The highest BCUT2D eigenvalue weighted by molar-refractivity contribution is 6.35. The second kappa shape index (κ2) is 6.73. The molecule has 5 nitrogen and oxygen atoms in total. The highest BCUT2D eigenvalue weighted by Gasteiger charge is 2.24. The Bertz CT molecular complexity index is 1400. The molecule has 0 saturated carbocycles. The van der Waals surface area contributed by atoms with E-state index in [0.717, 1.165) is 38.2 Å². The second-order valence-electron chi connectivity index (χ2n) is 6.90. The molecule has 0 radical (unpaired) electrons. The highest BCUT2D eigenvalue weighted by Crippen LogP contribution is 2.38. The van der Waals surface area contributed by atoms with Gasteiger partial charge >= 0.3 is 5.97 Å². The van der Waals surface area contributed by atoms with Gasteiger partial charge in [0, 0.05) is 67.3 Å². The number of nitrogens with one attached hydrogen (secondary N) is 3. The number of carboxylic acid groups (broad SMARTS) is 1. The molecule has 2 unspecified atom stereocenters. The summed E-state index contributed by atoms with van der Waals surface area (Å²) in [5, 5.41) is 12.3. The predicted octanol–water partition coefficient (Wildman–Crippen LogP) is 4.30. The van der Waals surface area contributed by atoms with Gasteiger partial charge in [-0.25, -0.2) is 4.79 Å². The molecule has 0 bridgehead atoms. The first-order valence-corrected chi connectivity index (χ1v) is 10.1. The molecule has 0 fully saturated rings. The molecule has 5 rings (SSSR count). The average molecular weight is 447 g/mol. The summed E-state index contributed by atoms with van der Waals surface area (Å²) in [6.07, 6.45) is 9.11. The van der Waals surface area contributed by atoms with Crippen LogP contribution in [0.15, 0.2) is 36.8 Å². The number of hydrogen-bond donors (Lipinski definition) is 4. The van der Waals surface area contributed by atoms with Crippen molar-refractivity contribution < 1.29 is 9.90 Å². The van der Waals surface area contributed by atoms with Crippen molar-refractivity contribution in [1.82, 2.24) is 15.0 Å². The molecule has 0 aliphatic heterocycles. The molecule has 146 valence electrons. The van der Waals surface area contributed by atoms with Gasteiger partial charge in [0.25, 0.3) is 0 Å². The van der Waals surface area contributed by atoms with Crippen molar-refractivity contribution in [3.05, 3.63) is 58.1 Å². The van der Waals surface area contributed by atoms with Crippen molar-refractivity contribution >= 4 is 63.8 Å². The van der Waals surface area contributed by atoms with Crippen molar-refractivity contribution in [2.45, 2.75) is 10.8 Å². The molecule has 8 heteroatoms. The van der Waals surface area contributed by atoms with E-state index >= 15 is 0 Å². The van der Waals surface area contributed by atoms with E-state index in [9.17, 15) is 9.90 Å². The van der Waals surface area contributed by atoms with Gasteiger partial charge in [0.05, 0.1) is 10.8 Å². The normalized spacial score (nSPS) is 18.3. The number of aromatic nitrogens is 3. The van der Waals surface area contributed by atoms with Crippen molar-refractivity contribution in [2.75, 3.05) is 0 Å². The van der Waals surface area contributed by atoms with Crippen molar-refractivity contribution in [3.8, 4) is 22.3 Å². The Morgan fingerprint density at radius 1 is 0.931 bits per heavy atom. The van der Waals surface area contributed by atoms with E-state index in [4.69, 9.17) is 34.8 Å². The summed E-state index contributed by atoms with van der Waals surface area (Å²) in [7, 11) is 0. The average Bonchev–Trinajstić information content (AvgIpc) is 3.37. The highest BCUT2D eigenvalue weighted by atomic mass is 35.5. The molecule has 29 heavy (non-hydrogen) atoms. The lowest BCUT2D eigenvalue weighted by atomic mass is 9.96. The van der Waals surface area contributed by atoms with Crippen LogP contribution in [-0.2, 0) is 0 Å². The van der Waals surface area contributed by atoms with Crippen LogP contribution in [-0.4, -0.2) is 36.8 Å². The number of aromatic carboxylic acids is 1. The van der Waals surface area contributed by atoms with Crippen molar-refractivity contribution in [2.24, 2.45) is 0 Å². The third kappa shape index (κ3) is 2.89. The van der Waals surface area contributed by atoms with E-state index in [0.29, 0.717) is 10.6 Å². The molecular formula is C21H14Cl3N3O2. The Morgan fingerprint density at radius 3 is 2.45 bits per heavy atom. The van der Waals surface area contributed by atoms with Crippen LogP contribution in [0.5, 0.6) is 0 Å². The summed E-state index contributed by atoms with van der Waals surface area (Å²) in [6.45, 7) is 0. The molecular weight excluding hydrogens is 433 g/mol.